The van der Waals surface area contributed by atoms with Gasteiger partial charge in [0, 0.05) is 24.3 Å². The van der Waals surface area contributed by atoms with E-state index >= 15 is 0 Å². The number of benzene rings is 1. The molecule has 0 radical (unpaired) electrons. The minimum absolute atomic E-state index is 0.245. The van der Waals surface area contributed by atoms with E-state index in [1.165, 1.54) is 0 Å². The fraction of sp³-hybridized carbons (Fsp3) is 0.462. The van der Waals surface area contributed by atoms with Crippen LogP contribution in [-0.2, 0) is 4.79 Å². The second-order valence-corrected chi connectivity index (χ2v) is 4.37. The lowest BCUT2D eigenvalue weighted by atomic mass is 10.0. The molecule has 0 spiro atoms. The summed E-state index contributed by atoms with van der Waals surface area (Å²) >= 11 is 0. The third-order valence-corrected chi connectivity index (χ3v) is 3.11. The van der Waals surface area contributed by atoms with Crippen molar-refractivity contribution in [1.29, 1.82) is 0 Å². The average Bonchev–Trinajstić information content (AvgIpc) is 2.81. The van der Waals surface area contributed by atoms with Crippen molar-refractivity contribution in [2.45, 2.75) is 25.4 Å². The standard InChI is InChI=1S/C13H17NO3/c15-12(9-13(16)17)10-5-1-2-6-11(10)14-7-3-4-8-14/h1-2,5-6,12,15H,3-4,7-9H2,(H,16,17)/t12-/m1/s1. The molecule has 1 aromatic rings. The van der Waals surface area contributed by atoms with Gasteiger partial charge in [0.05, 0.1) is 12.5 Å². The van der Waals surface area contributed by atoms with Gasteiger partial charge in [0.2, 0.25) is 0 Å². The van der Waals surface area contributed by atoms with Gasteiger partial charge in [-0.15, -0.1) is 0 Å². The first-order valence-electron chi connectivity index (χ1n) is 5.92. The Kier molecular flexibility index (Phi) is 3.64. The Morgan fingerprint density at radius 1 is 1.29 bits per heavy atom. The fourth-order valence-corrected chi connectivity index (χ4v) is 2.29. The Labute approximate surface area is 100 Å². The van der Waals surface area contributed by atoms with Gasteiger partial charge in [0.15, 0.2) is 0 Å². The summed E-state index contributed by atoms with van der Waals surface area (Å²) < 4.78 is 0. The highest BCUT2D eigenvalue weighted by molar-refractivity contribution is 5.68. The summed E-state index contributed by atoms with van der Waals surface area (Å²) in [5.41, 5.74) is 1.69. The average molecular weight is 235 g/mol. The molecule has 2 N–H and O–H groups in total. The smallest absolute Gasteiger partial charge is 0.306 e. The van der Waals surface area contributed by atoms with Crippen LogP contribution in [0.1, 0.15) is 30.9 Å². The van der Waals surface area contributed by atoms with Crippen LogP contribution >= 0.6 is 0 Å². The number of hydrogen-bond acceptors (Lipinski definition) is 3. The molecule has 1 fully saturated rings. The van der Waals surface area contributed by atoms with Crippen molar-refractivity contribution >= 4 is 11.7 Å². The van der Waals surface area contributed by atoms with E-state index in [0.29, 0.717) is 0 Å². The first-order valence-corrected chi connectivity index (χ1v) is 5.92. The number of hydrogen-bond donors (Lipinski definition) is 2. The third kappa shape index (κ3) is 2.77. The maximum absolute atomic E-state index is 10.6. The van der Waals surface area contributed by atoms with E-state index in [4.69, 9.17) is 5.11 Å². The highest BCUT2D eigenvalue weighted by atomic mass is 16.4. The highest BCUT2D eigenvalue weighted by Crippen LogP contribution is 2.30. The topological polar surface area (TPSA) is 60.8 Å². The molecule has 4 nitrogen and oxygen atoms in total. The van der Waals surface area contributed by atoms with Crippen LogP contribution < -0.4 is 4.90 Å². The van der Waals surface area contributed by atoms with Gasteiger partial charge < -0.3 is 15.1 Å². The minimum atomic E-state index is -0.978. The Balaban J connectivity index is 2.23. The third-order valence-electron chi connectivity index (χ3n) is 3.11. The number of carboxylic acids is 1. The molecule has 0 amide bonds. The van der Waals surface area contributed by atoms with Crippen molar-refractivity contribution < 1.29 is 15.0 Å². The van der Waals surface area contributed by atoms with E-state index in [1.54, 1.807) is 6.07 Å². The van der Waals surface area contributed by atoms with Gasteiger partial charge >= 0.3 is 5.97 Å². The van der Waals surface area contributed by atoms with Gasteiger partial charge in [-0.3, -0.25) is 4.79 Å². The molecular formula is C13H17NO3. The maximum Gasteiger partial charge on any atom is 0.306 e. The Bertz CT molecular complexity index is 399. The van der Waals surface area contributed by atoms with Crippen molar-refractivity contribution in [2.24, 2.45) is 0 Å². The summed E-state index contributed by atoms with van der Waals surface area (Å²) in [5, 5.41) is 18.7. The quantitative estimate of drug-likeness (QED) is 0.835. The Morgan fingerprint density at radius 2 is 1.94 bits per heavy atom. The van der Waals surface area contributed by atoms with Crippen LogP contribution in [0.4, 0.5) is 5.69 Å². The summed E-state index contributed by atoms with van der Waals surface area (Å²) in [4.78, 5) is 12.9. The molecule has 92 valence electrons. The van der Waals surface area contributed by atoms with Crippen LogP contribution in [0.3, 0.4) is 0 Å². The molecule has 1 atom stereocenters. The summed E-state index contributed by atoms with van der Waals surface area (Å²) in [7, 11) is 0. The lowest BCUT2D eigenvalue weighted by Crippen LogP contribution is -2.20. The number of anilines is 1. The molecule has 1 aliphatic rings. The highest BCUT2D eigenvalue weighted by Gasteiger charge is 2.20. The molecule has 2 rings (SSSR count). The van der Waals surface area contributed by atoms with Gasteiger partial charge in [-0.1, -0.05) is 18.2 Å². The second-order valence-electron chi connectivity index (χ2n) is 4.37. The Morgan fingerprint density at radius 3 is 2.59 bits per heavy atom. The van der Waals surface area contributed by atoms with Gasteiger partial charge in [-0.05, 0) is 18.9 Å². The lowest BCUT2D eigenvalue weighted by Gasteiger charge is -2.23. The summed E-state index contributed by atoms with van der Waals surface area (Å²) in [6.07, 6.45) is 1.14. The zero-order valence-corrected chi connectivity index (χ0v) is 9.67. The lowest BCUT2D eigenvalue weighted by molar-refractivity contribution is -0.139. The molecule has 0 saturated carbocycles. The van der Waals surface area contributed by atoms with Gasteiger partial charge in [0.25, 0.3) is 0 Å². The molecular weight excluding hydrogens is 218 g/mol. The van der Waals surface area contributed by atoms with Crippen LogP contribution in [0.15, 0.2) is 24.3 Å². The number of carbonyl (C=O) groups is 1. The molecule has 0 aliphatic carbocycles. The number of carboxylic acid groups (broad SMARTS) is 1. The summed E-state index contributed by atoms with van der Waals surface area (Å²) in [5.74, 6) is -0.978. The van der Waals surface area contributed by atoms with Crippen LogP contribution in [0.25, 0.3) is 0 Å². The molecule has 4 heteroatoms. The molecule has 1 aromatic carbocycles. The first-order chi connectivity index (χ1) is 8.18. The summed E-state index contributed by atoms with van der Waals surface area (Å²) in [6.45, 7) is 1.97. The van der Waals surface area contributed by atoms with E-state index in [-0.39, 0.29) is 6.42 Å². The van der Waals surface area contributed by atoms with Gasteiger partial charge in [-0.2, -0.15) is 0 Å². The number of para-hydroxylation sites is 1. The SMILES string of the molecule is O=C(O)C[C@@H](O)c1ccccc1N1CCCC1. The number of rotatable bonds is 4. The zero-order valence-electron chi connectivity index (χ0n) is 9.67. The number of aliphatic hydroxyl groups is 1. The molecule has 1 saturated heterocycles. The molecule has 1 heterocycles. The van der Waals surface area contributed by atoms with Crippen molar-refractivity contribution in [1.82, 2.24) is 0 Å². The maximum atomic E-state index is 10.6. The van der Waals surface area contributed by atoms with Gasteiger partial charge in [0.1, 0.15) is 0 Å². The first kappa shape index (κ1) is 11.9. The van der Waals surface area contributed by atoms with Crippen LogP contribution in [-0.4, -0.2) is 29.3 Å². The van der Waals surface area contributed by atoms with Crippen molar-refractivity contribution in [3.63, 3.8) is 0 Å². The summed E-state index contributed by atoms with van der Waals surface area (Å²) in [6, 6.07) is 7.51. The van der Waals surface area contributed by atoms with Crippen LogP contribution in [0.2, 0.25) is 0 Å². The van der Waals surface area contributed by atoms with Crippen LogP contribution in [0.5, 0.6) is 0 Å². The van der Waals surface area contributed by atoms with Crippen molar-refractivity contribution in [3.8, 4) is 0 Å². The van der Waals surface area contributed by atoms with E-state index in [0.717, 1.165) is 37.2 Å². The van der Waals surface area contributed by atoms with Crippen LogP contribution in [0, 0.1) is 0 Å². The molecule has 0 bridgehead atoms. The normalized spacial score (nSPS) is 17.1. The van der Waals surface area contributed by atoms with Gasteiger partial charge in [-0.25, -0.2) is 0 Å². The van der Waals surface area contributed by atoms with Crippen molar-refractivity contribution in [2.75, 3.05) is 18.0 Å². The molecule has 1 aliphatic heterocycles. The number of nitrogens with zero attached hydrogens (tertiary/aromatic N) is 1. The number of aliphatic carboxylic acids is 1. The minimum Gasteiger partial charge on any atom is -0.481 e. The monoisotopic (exact) mass is 235 g/mol. The van der Waals surface area contributed by atoms with E-state index < -0.39 is 12.1 Å². The predicted octanol–water partition coefficient (Wildman–Crippen LogP) is 1.79. The fourth-order valence-electron chi connectivity index (χ4n) is 2.29. The molecule has 0 aromatic heterocycles. The van der Waals surface area contributed by atoms with E-state index in [1.807, 2.05) is 18.2 Å². The number of aliphatic hydroxyl groups excluding tert-OH is 1. The second kappa shape index (κ2) is 5.19. The molecule has 17 heavy (non-hydrogen) atoms. The predicted molar refractivity (Wildman–Crippen MR) is 65.1 cm³/mol. The Hall–Kier alpha value is -1.55. The van der Waals surface area contributed by atoms with E-state index in [9.17, 15) is 9.90 Å². The largest absolute Gasteiger partial charge is 0.481 e. The molecule has 0 unspecified atom stereocenters. The zero-order chi connectivity index (χ0) is 12.3. The van der Waals surface area contributed by atoms with Crippen molar-refractivity contribution in [3.05, 3.63) is 29.8 Å². The van der Waals surface area contributed by atoms with E-state index in [2.05, 4.69) is 4.90 Å².